The van der Waals surface area contributed by atoms with Gasteiger partial charge in [0.25, 0.3) is 0 Å². The molecule has 4 rings (SSSR count). The number of furan rings is 1. The molecule has 0 spiro atoms. The lowest BCUT2D eigenvalue weighted by atomic mass is 9.97. The highest BCUT2D eigenvalue weighted by Crippen LogP contribution is 2.43. The van der Waals surface area contributed by atoms with Gasteiger partial charge in [-0.1, -0.05) is 23.8 Å². The van der Waals surface area contributed by atoms with Crippen molar-refractivity contribution in [2.45, 2.75) is 25.9 Å². The van der Waals surface area contributed by atoms with E-state index in [4.69, 9.17) is 4.42 Å². The number of hydrogen-bond donors (Lipinski definition) is 0. The van der Waals surface area contributed by atoms with Crippen molar-refractivity contribution in [1.29, 1.82) is 0 Å². The molecule has 144 valence electrons. The van der Waals surface area contributed by atoms with Crippen LogP contribution in [0.2, 0.25) is 0 Å². The van der Waals surface area contributed by atoms with Crippen LogP contribution in [0.25, 0.3) is 0 Å². The van der Waals surface area contributed by atoms with Gasteiger partial charge in [-0.15, -0.1) is 11.3 Å². The van der Waals surface area contributed by atoms with E-state index in [9.17, 15) is 9.59 Å². The lowest BCUT2D eigenvalue weighted by molar-refractivity contribution is -0.136. The van der Waals surface area contributed by atoms with Gasteiger partial charge in [-0.05, 0) is 42.6 Å². The zero-order valence-electron chi connectivity index (χ0n) is 15.9. The van der Waals surface area contributed by atoms with Gasteiger partial charge in [-0.3, -0.25) is 9.59 Å². The minimum absolute atomic E-state index is 0.0213. The van der Waals surface area contributed by atoms with E-state index in [1.165, 1.54) is 0 Å². The van der Waals surface area contributed by atoms with E-state index in [-0.39, 0.29) is 24.3 Å². The second kappa shape index (κ2) is 7.64. The average molecular weight is 394 g/mol. The summed E-state index contributed by atoms with van der Waals surface area (Å²) in [5.74, 6) is 0.236. The average Bonchev–Trinajstić information content (AvgIpc) is 3.42. The van der Waals surface area contributed by atoms with Crippen molar-refractivity contribution in [1.82, 2.24) is 4.90 Å². The third kappa shape index (κ3) is 3.47. The minimum Gasteiger partial charge on any atom is -0.467 e. The van der Waals surface area contributed by atoms with Crippen molar-refractivity contribution in [2.24, 2.45) is 5.92 Å². The van der Waals surface area contributed by atoms with Crippen LogP contribution in [0.15, 0.2) is 64.6 Å². The fourth-order valence-electron chi connectivity index (χ4n) is 3.75. The SMILES string of the molecule is Cc1ccc(N2C(=O)C[C@@H](C(=O)N(C)Cc3ccco3)[C@H]2c2cccs2)cc1. The Morgan fingerprint density at radius 2 is 2.00 bits per heavy atom. The first kappa shape index (κ1) is 18.5. The summed E-state index contributed by atoms with van der Waals surface area (Å²) in [4.78, 5) is 30.7. The summed E-state index contributed by atoms with van der Waals surface area (Å²) in [5, 5.41) is 1.99. The predicted octanol–water partition coefficient (Wildman–Crippen LogP) is 4.40. The highest BCUT2D eigenvalue weighted by molar-refractivity contribution is 7.10. The second-order valence-corrected chi connectivity index (χ2v) is 8.12. The van der Waals surface area contributed by atoms with Gasteiger partial charge < -0.3 is 14.2 Å². The lowest BCUT2D eigenvalue weighted by Crippen LogP contribution is -2.36. The van der Waals surface area contributed by atoms with Crippen LogP contribution < -0.4 is 4.90 Å². The molecule has 1 saturated heterocycles. The molecule has 3 heterocycles. The molecule has 2 atom stereocenters. The van der Waals surface area contributed by atoms with Gasteiger partial charge in [0.1, 0.15) is 5.76 Å². The molecule has 3 aromatic rings. The van der Waals surface area contributed by atoms with E-state index in [0.29, 0.717) is 6.54 Å². The van der Waals surface area contributed by atoms with Gasteiger partial charge in [0, 0.05) is 24.0 Å². The molecule has 1 aliphatic heterocycles. The van der Waals surface area contributed by atoms with Gasteiger partial charge in [0.2, 0.25) is 11.8 Å². The van der Waals surface area contributed by atoms with Crippen LogP contribution >= 0.6 is 11.3 Å². The molecule has 1 aromatic carbocycles. The molecule has 1 fully saturated rings. The largest absolute Gasteiger partial charge is 0.467 e. The van der Waals surface area contributed by atoms with E-state index in [1.54, 1.807) is 40.5 Å². The zero-order chi connectivity index (χ0) is 19.7. The number of anilines is 1. The van der Waals surface area contributed by atoms with Crippen LogP contribution in [-0.4, -0.2) is 23.8 Å². The summed E-state index contributed by atoms with van der Waals surface area (Å²) in [7, 11) is 1.76. The number of nitrogens with zero attached hydrogens (tertiary/aromatic N) is 2. The first-order chi connectivity index (χ1) is 13.5. The van der Waals surface area contributed by atoms with E-state index in [2.05, 4.69) is 0 Å². The number of rotatable bonds is 5. The Kier molecular flexibility index (Phi) is 5.05. The first-order valence-electron chi connectivity index (χ1n) is 9.24. The van der Waals surface area contributed by atoms with Crippen LogP contribution in [0.5, 0.6) is 0 Å². The predicted molar refractivity (Wildman–Crippen MR) is 109 cm³/mol. The Bertz CT molecular complexity index is 948. The smallest absolute Gasteiger partial charge is 0.228 e. The van der Waals surface area contributed by atoms with Crippen molar-refractivity contribution in [2.75, 3.05) is 11.9 Å². The molecule has 0 N–H and O–H groups in total. The Balaban J connectivity index is 1.65. The Labute approximate surface area is 168 Å². The van der Waals surface area contributed by atoms with Gasteiger partial charge in [-0.2, -0.15) is 0 Å². The summed E-state index contributed by atoms with van der Waals surface area (Å²) in [5.41, 5.74) is 1.96. The van der Waals surface area contributed by atoms with Crippen LogP contribution in [0.3, 0.4) is 0 Å². The van der Waals surface area contributed by atoms with Crippen molar-refractivity contribution in [3.63, 3.8) is 0 Å². The van der Waals surface area contributed by atoms with Crippen molar-refractivity contribution < 1.29 is 14.0 Å². The molecule has 6 heteroatoms. The van der Waals surface area contributed by atoms with Gasteiger partial charge >= 0.3 is 0 Å². The molecule has 2 aromatic heterocycles. The summed E-state index contributed by atoms with van der Waals surface area (Å²) >= 11 is 1.58. The molecule has 2 amide bonds. The maximum absolute atomic E-state index is 13.3. The summed E-state index contributed by atoms with van der Waals surface area (Å²) in [6.07, 6.45) is 1.80. The van der Waals surface area contributed by atoms with Crippen LogP contribution in [0, 0.1) is 12.8 Å². The number of hydrogen-bond acceptors (Lipinski definition) is 4. The third-order valence-corrected chi connectivity index (χ3v) is 6.08. The van der Waals surface area contributed by atoms with E-state index < -0.39 is 5.92 Å². The molecule has 0 aliphatic carbocycles. The first-order valence-corrected chi connectivity index (χ1v) is 10.1. The van der Waals surface area contributed by atoms with Crippen molar-refractivity contribution >= 4 is 28.8 Å². The molecular formula is C22H22N2O3S. The van der Waals surface area contributed by atoms with Gasteiger partial charge in [0.05, 0.1) is 24.8 Å². The third-order valence-electron chi connectivity index (χ3n) is 5.14. The number of carbonyl (C=O) groups excluding carboxylic acids is 2. The minimum atomic E-state index is -0.424. The normalized spacial score (nSPS) is 19.2. The number of thiophene rings is 1. The van der Waals surface area contributed by atoms with E-state index in [0.717, 1.165) is 21.9 Å². The maximum atomic E-state index is 13.3. The molecule has 0 saturated carbocycles. The second-order valence-electron chi connectivity index (χ2n) is 7.14. The quantitative estimate of drug-likeness (QED) is 0.644. The lowest BCUT2D eigenvalue weighted by Gasteiger charge is -2.29. The molecule has 28 heavy (non-hydrogen) atoms. The van der Waals surface area contributed by atoms with E-state index in [1.807, 2.05) is 54.8 Å². The highest BCUT2D eigenvalue weighted by atomic mass is 32.1. The molecule has 0 radical (unpaired) electrons. The molecule has 5 nitrogen and oxygen atoms in total. The maximum Gasteiger partial charge on any atom is 0.228 e. The van der Waals surface area contributed by atoms with Crippen LogP contribution in [0.4, 0.5) is 5.69 Å². The zero-order valence-corrected chi connectivity index (χ0v) is 16.7. The number of carbonyl (C=O) groups is 2. The summed E-state index contributed by atoms with van der Waals surface area (Å²) in [6, 6.07) is 15.2. The highest BCUT2D eigenvalue weighted by Gasteiger charge is 2.46. The monoisotopic (exact) mass is 394 g/mol. The number of amides is 2. The molecular weight excluding hydrogens is 372 g/mol. The Hall–Kier alpha value is -2.86. The van der Waals surface area contributed by atoms with Crippen molar-refractivity contribution in [3.8, 4) is 0 Å². The fraction of sp³-hybridized carbons (Fsp3) is 0.273. The number of aryl methyl sites for hydroxylation is 1. The molecule has 0 unspecified atom stereocenters. The van der Waals surface area contributed by atoms with Gasteiger partial charge in [0.15, 0.2) is 0 Å². The van der Waals surface area contributed by atoms with Crippen molar-refractivity contribution in [3.05, 3.63) is 76.4 Å². The van der Waals surface area contributed by atoms with Crippen LogP contribution in [0.1, 0.15) is 28.7 Å². The molecule has 0 bridgehead atoms. The Morgan fingerprint density at radius 3 is 2.64 bits per heavy atom. The molecule has 1 aliphatic rings. The topological polar surface area (TPSA) is 53.8 Å². The summed E-state index contributed by atoms with van der Waals surface area (Å²) < 4.78 is 5.37. The number of benzene rings is 1. The summed E-state index contributed by atoms with van der Waals surface area (Å²) in [6.45, 7) is 2.40. The van der Waals surface area contributed by atoms with Crippen LogP contribution in [-0.2, 0) is 16.1 Å². The standard InChI is InChI=1S/C22H22N2O3S/c1-15-7-9-16(10-8-15)24-20(25)13-18(21(24)19-6-4-12-28-19)22(26)23(2)14-17-5-3-11-27-17/h3-12,18,21H,13-14H2,1-2H3/t18-,21+/m1/s1. The van der Waals surface area contributed by atoms with E-state index >= 15 is 0 Å². The van der Waals surface area contributed by atoms with Gasteiger partial charge in [-0.25, -0.2) is 0 Å². The fourth-order valence-corrected chi connectivity index (χ4v) is 4.63. The Morgan fingerprint density at radius 1 is 1.21 bits per heavy atom.